The van der Waals surface area contributed by atoms with Gasteiger partial charge < -0.3 is 10.2 Å². The van der Waals surface area contributed by atoms with Gasteiger partial charge in [0.25, 0.3) is 0 Å². The second kappa shape index (κ2) is 9.54. The van der Waals surface area contributed by atoms with E-state index in [2.05, 4.69) is 32.2 Å². The molecule has 1 aromatic rings. The maximum absolute atomic E-state index is 11.5. The van der Waals surface area contributed by atoms with Crippen molar-refractivity contribution in [2.24, 2.45) is 5.92 Å². The lowest BCUT2D eigenvalue weighted by molar-refractivity contribution is -0.121. The van der Waals surface area contributed by atoms with Crippen molar-refractivity contribution < 1.29 is 4.79 Å². The first-order valence-corrected chi connectivity index (χ1v) is 9.78. The van der Waals surface area contributed by atoms with Gasteiger partial charge in [0.2, 0.25) is 5.91 Å². The van der Waals surface area contributed by atoms with Crippen molar-refractivity contribution in [1.82, 2.24) is 15.2 Å². The van der Waals surface area contributed by atoms with E-state index in [-0.39, 0.29) is 18.4 Å². The summed E-state index contributed by atoms with van der Waals surface area (Å²) in [6.07, 6.45) is 9.44. The molecule has 0 unspecified atom stereocenters. The minimum atomic E-state index is -0.122. The van der Waals surface area contributed by atoms with Gasteiger partial charge in [-0.25, -0.2) is 0 Å². The molecule has 140 valence electrons. The van der Waals surface area contributed by atoms with Crippen LogP contribution in [0.4, 0.5) is 5.69 Å². The number of hydrogen-bond acceptors (Lipinski definition) is 5. The molecule has 1 N–H and O–H groups in total. The van der Waals surface area contributed by atoms with Crippen LogP contribution < -0.4 is 10.2 Å². The Morgan fingerprint density at radius 3 is 2.50 bits per heavy atom. The lowest BCUT2D eigenvalue weighted by Crippen LogP contribution is -2.47. The smallest absolute Gasteiger partial charge is 0.234 e. The predicted octanol–water partition coefficient (Wildman–Crippen LogP) is 2.18. The van der Waals surface area contributed by atoms with E-state index in [9.17, 15) is 4.79 Å². The Hall–Kier alpha value is -2.13. The monoisotopic (exact) mass is 355 g/mol. The first kappa shape index (κ1) is 18.7. The Morgan fingerprint density at radius 1 is 1.15 bits per heavy atom. The van der Waals surface area contributed by atoms with Gasteiger partial charge in [-0.3, -0.25) is 14.7 Å². The lowest BCUT2D eigenvalue weighted by Gasteiger charge is -2.37. The van der Waals surface area contributed by atoms with Gasteiger partial charge in [-0.15, -0.1) is 0 Å². The highest BCUT2D eigenvalue weighted by Gasteiger charge is 2.23. The summed E-state index contributed by atoms with van der Waals surface area (Å²) in [6.45, 7) is 5.60. The van der Waals surface area contributed by atoms with Crippen molar-refractivity contribution in [3.05, 3.63) is 24.5 Å². The minimum Gasteiger partial charge on any atom is -0.369 e. The van der Waals surface area contributed by atoms with Crippen LogP contribution in [0.2, 0.25) is 0 Å². The zero-order chi connectivity index (χ0) is 18.2. The Morgan fingerprint density at radius 2 is 1.85 bits per heavy atom. The highest BCUT2D eigenvalue weighted by atomic mass is 16.1. The summed E-state index contributed by atoms with van der Waals surface area (Å²) >= 11 is 0. The Bertz CT molecular complexity index is 598. The predicted molar refractivity (Wildman–Crippen MR) is 102 cm³/mol. The van der Waals surface area contributed by atoms with Gasteiger partial charge in [0.1, 0.15) is 6.42 Å². The van der Waals surface area contributed by atoms with E-state index >= 15 is 0 Å². The Labute approximate surface area is 156 Å². The fourth-order valence-electron chi connectivity index (χ4n) is 4.10. The van der Waals surface area contributed by atoms with Gasteiger partial charge in [0.15, 0.2) is 0 Å². The standard InChI is InChI=1S/C20H29N5O/c21-9-5-20(26)23-18-3-1-17(2-4-18)8-12-24-13-15-25(16-14-24)19-6-10-22-11-7-19/h6-7,10-11,17-18H,1-5,8,12-16H2,(H,23,26)/t17-,18-. The number of amides is 1. The van der Waals surface area contributed by atoms with Gasteiger partial charge in [0.05, 0.1) is 6.07 Å². The molecule has 3 rings (SSSR count). The van der Waals surface area contributed by atoms with Crippen molar-refractivity contribution in [1.29, 1.82) is 5.26 Å². The van der Waals surface area contributed by atoms with Gasteiger partial charge in [-0.1, -0.05) is 0 Å². The number of anilines is 1. The van der Waals surface area contributed by atoms with Crippen LogP contribution in [0.1, 0.15) is 38.5 Å². The number of nitrogens with one attached hydrogen (secondary N) is 1. The van der Waals surface area contributed by atoms with Crippen molar-refractivity contribution in [3.63, 3.8) is 0 Å². The van der Waals surface area contributed by atoms with Crippen LogP contribution in [0.25, 0.3) is 0 Å². The molecule has 0 atom stereocenters. The second-order valence-electron chi connectivity index (χ2n) is 7.44. The molecule has 1 saturated heterocycles. The topological polar surface area (TPSA) is 72.3 Å². The molecule has 0 aromatic carbocycles. The first-order valence-electron chi connectivity index (χ1n) is 9.78. The molecule has 1 aliphatic heterocycles. The number of nitrogens with zero attached hydrogens (tertiary/aromatic N) is 4. The molecule has 2 fully saturated rings. The van der Waals surface area contributed by atoms with Crippen molar-refractivity contribution in [3.8, 4) is 6.07 Å². The minimum absolute atomic E-state index is 0.0224. The van der Waals surface area contributed by atoms with Crippen molar-refractivity contribution in [2.75, 3.05) is 37.6 Å². The normalized spacial score (nSPS) is 24.0. The molecule has 1 aliphatic carbocycles. The SMILES string of the molecule is N#CCC(=O)N[C@H]1CC[C@H](CCN2CCN(c3ccncc3)CC2)CC1. The molecule has 0 spiro atoms. The van der Waals surface area contributed by atoms with E-state index < -0.39 is 0 Å². The third-order valence-electron chi connectivity index (χ3n) is 5.71. The summed E-state index contributed by atoms with van der Waals surface area (Å²) < 4.78 is 0. The number of aromatic nitrogens is 1. The number of piperazine rings is 1. The third kappa shape index (κ3) is 5.43. The highest BCUT2D eigenvalue weighted by Crippen LogP contribution is 2.27. The fourth-order valence-corrected chi connectivity index (χ4v) is 4.10. The molecule has 26 heavy (non-hydrogen) atoms. The van der Waals surface area contributed by atoms with Crippen molar-refractivity contribution >= 4 is 11.6 Å². The molecule has 0 radical (unpaired) electrons. The zero-order valence-corrected chi connectivity index (χ0v) is 15.4. The van der Waals surface area contributed by atoms with E-state index in [1.807, 2.05) is 18.5 Å². The maximum Gasteiger partial charge on any atom is 0.234 e. The van der Waals surface area contributed by atoms with Gasteiger partial charge in [0, 0.05) is 50.3 Å². The van der Waals surface area contributed by atoms with E-state index in [1.54, 1.807) is 0 Å². The number of rotatable bonds is 6. The number of pyridine rings is 1. The Kier molecular flexibility index (Phi) is 6.84. The summed E-state index contributed by atoms with van der Waals surface area (Å²) in [5.41, 5.74) is 1.27. The number of carbonyl (C=O) groups is 1. The summed E-state index contributed by atoms with van der Waals surface area (Å²) in [5.74, 6) is 0.653. The average Bonchev–Trinajstić information content (AvgIpc) is 2.69. The maximum atomic E-state index is 11.5. The van der Waals surface area contributed by atoms with Crippen LogP contribution in [0.15, 0.2) is 24.5 Å². The van der Waals surface area contributed by atoms with E-state index in [1.165, 1.54) is 31.5 Å². The van der Waals surface area contributed by atoms with E-state index in [0.29, 0.717) is 0 Å². The van der Waals surface area contributed by atoms with E-state index in [4.69, 9.17) is 5.26 Å². The molecule has 1 amide bonds. The molecule has 2 aliphatic rings. The lowest BCUT2D eigenvalue weighted by atomic mass is 9.84. The van der Waals surface area contributed by atoms with Gasteiger partial charge >= 0.3 is 0 Å². The zero-order valence-electron chi connectivity index (χ0n) is 15.4. The number of hydrogen-bond donors (Lipinski definition) is 1. The van der Waals surface area contributed by atoms with Crippen LogP contribution in [0, 0.1) is 17.2 Å². The average molecular weight is 355 g/mol. The summed E-state index contributed by atoms with van der Waals surface area (Å²) in [5, 5.41) is 11.5. The van der Waals surface area contributed by atoms with Crippen LogP contribution >= 0.6 is 0 Å². The van der Waals surface area contributed by atoms with Crippen LogP contribution in [0.3, 0.4) is 0 Å². The first-order chi connectivity index (χ1) is 12.7. The number of carbonyl (C=O) groups excluding carboxylic acids is 1. The molecular weight excluding hydrogens is 326 g/mol. The largest absolute Gasteiger partial charge is 0.369 e. The molecule has 2 heterocycles. The summed E-state index contributed by atoms with van der Waals surface area (Å²) in [4.78, 5) is 20.6. The van der Waals surface area contributed by atoms with Crippen LogP contribution in [0.5, 0.6) is 0 Å². The highest BCUT2D eigenvalue weighted by molar-refractivity contribution is 5.78. The van der Waals surface area contributed by atoms with Crippen molar-refractivity contribution in [2.45, 2.75) is 44.6 Å². The fraction of sp³-hybridized carbons (Fsp3) is 0.650. The summed E-state index contributed by atoms with van der Waals surface area (Å²) in [7, 11) is 0. The van der Waals surface area contributed by atoms with Gasteiger partial charge in [-0.05, 0) is 56.7 Å². The third-order valence-corrected chi connectivity index (χ3v) is 5.71. The van der Waals surface area contributed by atoms with E-state index in [0.717, 1.165) is 44.9 Å². The van der Waals surface area contributed by atoms with Gasteiger partial charge in [-0.2, -0.15) is 5.26 Å². The molecule has 6 heteroatoms. The summed E-state index contributed by atoms with van der Waals surface area (Å²) in [6, 6.07) is 6.36. The number of nitriles is 1. The molecule has 1 saturated carbocycles. The molecule has 6 nitrogen and oxygen atoms in total. The molecule has 1 aromatic heterocycles. The quantitative estimate of drug-likeness (QED) is 0.847. The Balaban J connectivity index is 1.31. The molecule has 0 bridgehead atoms. The molecular formula is C20H29N5O. The van der Waals surface area contributed by atoms with Crippen LogP contribution in [-0.2, 0) is 4.79 Å². The second-order valence-corrected chi connectivity index (χ2v) is 7.44. The van der Waals surface area contributed by atoms with Crippen LogP contribution in [-0.4, -0.2) is 54.6 Å².